The van der Waals surface area contributed by atoms with Crippen LogP contribution in [0.2, 0.25) is 0 Å². The predicted molar refractivity (Wildman–Crippen MR) is 61.3 cm³/mol. The summed E-state index contributed by atoms with van der Waals surface area (Å²) in [5.41, 5.74) is 3.19. The molecule has 1 aromatic rings. The molecule has 0 saturated carbocycles. The average molecular weight is 207 g/mol. The van der Waals surface area contributed by atoms with Crippen molar-refractivity contribution in [3.05, 3.63) is 29.3 Å². The number of carboxylic acids is 1. The number of aliphatic carboxylic acids is 1. The van der Waals surface area contributed by atoms with Crippen LogP contribution in [0.4, 0.5) is 5.69 Å². The molecule has 0 fully saturated rings. The van der Waals surface area contributed by atoms with Crippen molar-refractivity contribution in [1.82, 2.24) is 0 Å². The van der Waals surface area contributed by atoms with Gasteiger partial charge in [0.2, 0.25) is 0 Å². The molecule has 82 valence electrons. The van der Waals surface area contributed by atoms with Gasteiger partial charge in [0.05, 0.1) is 0 Å². The van der Waals surface area contributed by atoms with Gasteiger partial charge in [-0.2, -0.15) is 0 Å². The smallest absolute Gasteiger partial charge is 0.325 e. The summed E-state index contributed by atoms with van der Waals surface area (Å²) in [7, 11) is 0. The molecule has 1 aromatic carbocycles. The summed E-state index contributed by atoms with van der Waals surface area (Å²) in [6, 6.07) is 5.43. The Morgan fingerprint density at radius 1 is 1.53 bits per heavy atom. The van der Waals surface area contributed by atoms with Gasteiger partial charge < -0.3 is 10.4 Å². The highest BCUT2D eigenvalue weighted by molar-refractivity contribution is 5.77. The molecular weight excluding hydrogens is 190 g/mol. The number of rotatable bonds is 4. The molecule has 0 aromatic heterocycles. The number of aryl methyl sites for hydroxylation is 2. The van der Waals surface area contributed by atoms with E-state index in [2.05, 4.69) is 12.2 Å². The standard InChI is InChI=1S/C12H17NO2/c1-4-10-7-5-6-8(2)11(10)13-9(3)12(14)15/h5-7,9,13H,4H2,1-3H3,(H,14,15)/t9-/m0/s1. The van der Waals surface area contributed by atoms with Crippen LogP contribution in [-0.4, -0.2) is 17.1 Å². The van der Waals surface area contributed by atoms with Crippen LogP contribution in [0.25, 0.3) is 0 Å². The maximum Gasteiger partial charge on any atom is 0.325 e. The first-order chi connectivity index (χ1) is 7.06. The number of hydrogen-bond acceptors (Lipinski definition) is 2. The van der Waals surface area contributed by atoms with E-state index in [9.17, 15) is 4.79 Å². The second-order valence-corrected chi connectivity index (χ2v) is 3.67. The summed E-state index contributed by atoms with van der Waals surface area (Å²) in [4.78, 5) is 10.8. The van der Waals surface area contributed by atoms with Crippen LogP contribution < -0.4 is 5.32 Å². The maximum atomic E-state index is 10.8. The molecule has 0 unspecified atom stereocenters. The van der Waals surface area contributed by atoms with Gasteiger partial charge >= 0.3 is 5.97 Å². The van der Waals surface area contributed by atoms with E-state index in [1.165, 1.54) is 0 Å². The molecule has 0 bridgehead atoms. The molecule has 3 heteroatoms. The number of carboxylic acid groups (broad SMARTS) is 1. The van der Waals surface area contributed by atoms with Crippen LogP contribution >= 0.6 is 0 Å². The molecule has 3 nitrogen and oxygen atoms in total. The first-order valence-corrected chi connectivity index (χ1v) is 5.14. The van der Waals surface area contributed by atoms with Crippen molar-refractivity contribution in [2.24, 2.45) is 0 Å². The van der Waals surface area contributed by atoms with Gasteiger partial charge in [-0.3, -0.25) is 4.79 Å². The van der Waals surface area contributed by atoms with E-state index in [0.29, 0.717) is 0 Å². The van der Waals surface area contributed by atoms with E-state index < -0.39 is 12.0 Å². The minimum absolute atomic E-state index is 0.559. The fourth-order valence-electron chi connectivity index (χ4n) is 1.51. The van der Waals surface area contributed by atoms with Gasteiger partial charge in [-0.25, -0.2) is 0 Å². The zero-order valence-corrected chi connectivity index (χ0v) is 9.37. The number of benzene rings is 1. The lowest BCUT2D eigenvalue weighted by Gasteiger charge is -2.16. The summed E-state index contributed by atoms with van der Waals surface area (Å²) >= 11 is 0. The highest BCUT2D eigenvalue weighted by atomic mass is 16.4. The van der Waals surface area contributed by atoms with Crippen LogP contribution in [0, 0.1) is 6.92 Å². The van der Waals surface area contributed by atoms with Gasteiger partial charge in [0, 0.05) is 5.69 Å². The first kappa shape index (κ1) is 11.6. The lowest BCUT2D eigenvalue weighted by molar-refractivity contribution is -0.137. The van der Waals surface area contributed by atoms with E-state index in [1.807, 2.05) is 25.1 Å². The fourth-order valence-corrected chi connectivity index (χ4v) is 1.51. The Morgan fingerprint density at radius 2 is 2.20 bits per heavy atom. The van der Waals surface area contributed by atoms with Crippen molar-refractivity contribution >= 4 is 11.7 Å². The van der Waals surface area contributed by atoms with Crippen LogP contribution in [0.15, 0.2) is 18.2 Å². The third-order valence-corrected chi connectivity index (χ3v) is 2.47. The van der Waals surface area contributed by atoms with Crippen molar-refractivity contribution < 1.29 is 9.90 Å². The molecule has 0 heterocycles. The summed E-state index contributed by atoms with van der Waals surface area (Å²) in [5, 5.41) is 11.9. The van der Waals surface area contributed by atoms with E-state index in [-0.39, 0.29) is 0 Å². The SMILES string of the molecule is CCc1cccc(C)c1N[C@@H](C)C(=O)O. The normalized spacial score (nSPS) is 12.2. The van der Waals surface area contributed by atoms with Crippen LogP contribution in [-0.2, 0) is 11.2 Å². The summed E-state index contributed by atoms with van der Waals surface area (Å²) in [6.45, 7) is 5.69. The third kappa shape index (κ3) is 2.72. The molecule has 1 atom stereocenters. The van der Waals surface area contributed by atoms with Gasteiger partial charge in [0.1, 0.15) is 6.04 Å². The minimum atomic E-state index is -0.833. The second kappa shape index (κ2) is 4.82. The Bertz CT molecular complexity index is 361. The Hall–Kier alpha value is -1.51. The van der Waals surface area contributed by atoms with Crippen molar-refractivity contribution in [3.8, 4) is 0 Å². The predicted octanol–water partition coefficient (Wildman–Crippen LogP) is 2.44. The fraction of sp³-hybridized carbons (Fsp3) is 0.417. The molecule has 0 saturated heterocycles. The second-order valence-electron chi connectivity index (χ2n) is 3.67. The molecular formula is C12H17NO2. The molecule has 0 spiro atoms. The first-order valence-electron chi connectivity index (χ1n) is 5.14. The van der Waals surface area contributed by atoms with Crippen molar-refractivity contribution in [2.45, 2.75) is 33.2 Å². The van der Waals surface area contributed by atoms with Crippen molar-refractivity contribution in [3.63, 3.8) is 0 Å². The number of nitrogens with one attached hydrogen (secondary N) is 1. The molecule has 0 aliphatic rings. The molecule has 0 amide bonds. The van der Waals surface area contributed by atoms with E-state index in [4.69, 9.17) is 5.11 Å². The summed E-state index contributed by atoms with van der Waals surface area (Å²) in [6.07, 6.45) is 0.899. The zero-order chi connectivity index (χ0) is 11.4. The molecule has 2 N–H and O–H groups in total. The Balaban J connectivity index is 2.97. The van der Waals surface area contributed by atoms with Crippen molar-refractivity contribution in [2.75, 3.05) is 5.32 Å². The van der Waals surface area contributed by atoms with E-state index in [1.54, 1.807) is 6.92 Å². The minimum Gasteiger partial charge on any atom is -0.480 e. The molecule has 15 heavy (non-hydrogen) atoms. The molecule has 0 aliphatic heterocycles. The highest BCUT2D eigenvalue weighted by Gasteiger charge is 2.13. The topological polar surface area (TPSA) is 49.3 Å². The monoisotopic (exact) mass is 207 g/mol. The summed E-state index contributed by atoms with van der Waals surface area (Å²) < 4.78 is 0. The quantitative estimate of drug-likeness (QED) is 0.797. The number of anilines is 1. The van der Waals surface area contributed by atoms with Gasteiger partial charge in [-0.15, -0.1) is 0 Å². The Kier molecular flexibility index (Phi) is 3.72. The third-order valence-electron chi connectivity index (χ3n) is 2.47. The number of para-hydroxylation sites is 1. The average Bonchev–Trinajstić information content (AvgIpc) is 2.20. The molecule has 1 rings (SSSR count). The molecule has 0 aliphatic carbocycles. The maximum absolute atomic E-state index is 10.8. The number of hydrogen-bond donors (Lipinski definition) is 2. The number of carbonyl (C=O) groups is 1. The van der Waals surface area contributed by atoms with Gasteiger partial charge in [0.15, 0.2) is 0 Å². The van der Waals surface area contributed by atoms with Gasteiger partial charge in [-0.1, -0.05) is 25.1 Å². The van der Waals surface area contributed by atoms with Crippen LogP contribution in [0.5, 0.6) is 0 Å². The highest BCUT2D eigenvalue weighted by Crippen LogP contribution is 2.21. The zero-order valence-electron chi connectivity index (χ0n) is 9.37. The lowest BCUT2D eigenvalue weighted by atomic mass is 10.1. The van der Waals surface area contributed by atoms with Crippen LogP contribution in [0.3, 0.4) is 0 Å². The van der Waals surface area contributed by atoms with Crippen LogP contribution in [0.1, 0.15) is 25.0 Å². The summed E-state index contributed by atoms with van der Waals surface area (Å²) in [5.74, 6) is -0.833. The Labute approximate surface area is 90.1 Å². The molecule has 0 radical (unpaired) electrons. The van der Waals surface area contributed by atoms with Gasteiger partial charge in [-0.05, 0) is 31.4 Å². The van der Waals surface area contributed by atoms with E-state index in [0.717, 1.165) is 23.2 Å². The Morgan fingerprint density at radius 3 is 2.73 bits per heavy atom. The van der Waals surface area contributed by atoms with Crippen molar-refractivity contribution in [1.29, 1.82) is 0 Å². The van der Waals surface area contributed by atoms with Gasteiger partial charge in [0.25, 0.3) is 0 Å². The largest absolute Gasteiger partial charge is 0.480 e. The lowest BCUT2D eigenvalue weighted by Crippen LogP contribution is -2.26. The van der Waals surface area contributed by atoms with E-state index >= 15 is 0 Å².